The zero-order chi connectivity index (χ0) is 16.6. The van der Waals surface area contributed by atoms with Gasteiger partial charge in [-0.1, -0.05) is 6.07 Å². The lowest BCUT2D eigenvalue weighted by atomic mass is 10.2. The standard InChI is InChI=1S/C19H24N6/c1-2-7-25-13-15(20-19(25)6-1)12-23-8-10-24(11-9-23)14-18-16-4-3-5-17(16)21-22-18/h1-2,6-7,13H,3-5,8-12,14H2,(H,21,22). The molecule has 1 aliphatic carbocycles. The fourth-order valence-electron chi connectivity index (χ4n) is 4.13. The van der Waals surface area contributed by atoms with Crippen molar-refractivity contribution in [2.45, 2.75) is 32.4 Å². The van der Waals surface area contributed by atoms with Crippen LogP contribution in [-0.4, -0.2) is 55.6 Å². The van der Waals surface area contributed by atoms with Gasteiger partial charge in [0.1, 0.15) is 5.65 Å². The van der Waals surface area contributed by atoms with Gasteiger partial charge in [0.05, 0.1) is 11.4 Å². The molecule has 0 spiro atoms. The number of H-pyrrole nitrogens is 1. The van der Waals surface area contributed by atoms with Crippen LogP contribution in [0.1, 0.15) is 29.1 Å². The number of aromatic amines is 1. The number of imidazole rings is 1. The average molecular weight is 336 g/mol. The molecule has 2 aliphatic rings. The smallest absolute Gasteiger partial charge is 0.137 e. The summed E-state index contributed by atoms with van der Waals surface area (Å²) in [5.74, 6) is 0. The Morgan fingerprint density at radius 1 is 1.00 bits per heavy atom. The van der Waals surface area contributed by atoms with E-state index in [2.05, 4.69) is 42.9 Å². The number of aromatic nitrogens is 4. The van der Waals surface area contributed by atoms with Crippen LogP contribution in [0.3, 0.4) is 0 Å². The minimum atomic E-state index is 0.938. The van der Waals surface area contributed by atoms with E-state index in [9.17, 15) is 0 Å². The van der Waals surface area contributed by atoms with Crippen LogP contribution in [0.4, 0.5) is 0 Å². The SMILES string of the molecule is c1ccn2cc(CN3CCN(Cc4n[nH]c5c4CCC5)CC3)nc2c1. The minimum absolute atomic E-state index is 0.938. The van der Waals surface area contributed by atoms with Crippen molar-refractivity contribution in [3.8, 4) is 0 Å². The van der Waals surface area contributed by atoms with Crippen LogP contribution in [-0.2, 0) is 25.9 Å². The second-order valence-corrected chi connectivity index (χ2v) is 7.23. The van der Waals surface area contributed by atoms with E-state index in [0.29, 0.717) is 0 Å². The fraction of sp³-hybridized carbons (Fsp3) is 0.474. The topological polar surface area (TPSA) is 52.5 Å². The van der Waals surface area contributed by atoms with Crippen molar-refractivity contribution in [2.24, 2.45) is 0 Å². The van der Waals surface area contributed by atoms with Gasteiger partial charge < -0.3 is 4.40 Å². The largest absolute Gasteiger partial charge is 0.307 e. The predicted molar refractivity (Wildman–Crippen MR) is 96.4 cm³/mol. The van der Waals surface area contributed by atoms with E-state index in [1.165, 1.54) is 36.2 Å². The van der Waals surface area contributed by atoms with Crippen LogP contribution < -0.4 is 0 Å². The van der Waals surface area contributed by atoms with E-state index in [-0.39, 0.29) is 0 Å². The Kier molecular flexibility index (Phi) is 3.79. The molecule has 0 aromatic carbocycles. The Morgan fingerprint density at radius 2 is 1.84 bits per heavy atom. The molecule has 0 bridgehead atoms. The number of nitrogens with zero attached hydrogens (tertiary/aromatic N) is 5. The van der Waals surface area contributed by atoms with E-state index in [0.717, 1.165) is 50.6 Å². The maximum atomic E-state index is 4.72. The molecule has 1 aliphatic heterocycles. The van der Waals surface area contributed by atoms with Crippen molar-refractivity contribution in [3.05, 3.63) is 53.2 Å². The monoisotopic (exact) mass is 336 g/mol. The first kappa shape index (κ1) is 15.1. The van der Waals surface area contributed by atoms with E-state index in [4.69, 9.17) is 4.98 Å². The molecule has 1 N–H and O–H groups in total. The van der Waals surface area contributed by atoms with Crippen molar-refractivity contribution in [1.82, 2.24) is 29.4 Å². The lowest BCUT2D eigenvalue weighted by molar-refractivity contribution is 0.120. The highest BCUT2D eigenvalue weighted by Gasteiger charge is 2.23. The molecule has 0 unspecified atom stereocenters. The molecule has 5 rings (SSSR count). The van der Waals surface area contributed by atoms with Crippen molar-refractivity contribution in [2.75, 3.05) is 26.2 Å². The molecule has 1 saturated heterocycles. The third kappa shape index (κ3) is 2.96. The summed E-state index contributed by atoms with van der Waals surface area (Å²) >= 11 is 0. The summed E-state index contributed by atoms with van der Waals surface area (Å²) in [5, 5.41) is 7.78. The summed E-state index contributed by atoms with van der Waals surface area (Å²) in [7, 11) is 0. The van der Waals surface area contributed by atoms with Crippen LogP contribution in [0.25, 0.3) is 5.65 Å². The van der Waals surface area contributed by atoms with Gasteiger partial charge in [0.2, 0.25) is 0 Å². The van der Waals surface area contributed by atoms with E-state index < -0.39 is 0 Å². The number of fused-ring (bicyclic) bond motifs is 2. The highest BCUT2D eigenvalue weighted by molar-refractivity contribution is 5.39. The van der Waals surface area contributed by atoms with Gasteiger partial charge in [-0.25, -0.2) is 4.98 Å². The Morgan fingerprint density at radius 3 is 2.68 bits per heavy atom. The van der Waals surface area contributed by atoms with Crippen LogP contribution in [0, 0.1) is 0 Å². The average Bonchev–Trinajstić information content (AvgIpc) is 3.33. The van der Waals surface area contributed by atoms with Crippen LogP contribution in [0.5, 0.6) is 0 Å². The normalized spacial score (nSPS) is 18.9. The van der Waals surface area contributed by atoms with Crippen molar-refractivity contribution >= 4 is 5.65 Å². The number of piperazine rings is 1. The maximum Gasteiger partial charge on any atom is 0.137 e. The molecule has 130 valence electrons. The van der Waals surface area contributed by atoms with E-state index >= 15 is 0 Å². The summed E-state index contributed by atoms with van der Waals surface area (Å²) in [6.45, 7) is 6.34. The Bertz CT molecular complexity index is 838. The van der Waals surface area contributed by atoms with Gasteiger partial charge in [0.15, 0.2) is 0 Å². The number of aryl methyl sites for hydroxylation is 1. The van der Waals surface area contributed by atoms with Crippen LogP contribution in [0.15, 0.2) is 30.6 Å². The van der Waals surface area contributed by atoms with E-state index in [1.54, 1.807) is 0 Å². The summed E-state index contributed by atoms with van der Waals surface area (Å²) in [4.78, 5) is 9.76. The zero-order valence-electron chi connectivity index (χ0n) is 14.5. The number of hydrogen-bond acceptors (Lipinski definition) is 4. The first-order valence-electron chi connectivity index (χ1n) is 9.27. The second kappa shape index (κ2) is 6.28. The number of pyridine rings is 1. The van der Waals surface area contributed by atoms with Gasteiger partial charge in [0, 0.05) is 57.4 Å². The molecule has 0 radical (unpaired) electrons. The number of hydrogen-bond donors (Lipinski definition) is 1. The molecule has 0 saturated carbocycles. The molecule has 25 heavy (non-hydrogen) atoms. The Balaban J connectivity index is 1.18. The zero-order valence-corrected chi connectivity index (χ0v) is 14.5. The Labute approximate surface area is 147 Å². The predicted octanol–water partition coefficient (Wildman–Crippen LogP) is 1.86. The van der Waals surface area contributed by atoms with Crippen molar-refractivity contribution < 1.29 is 0 Å². The van der Waals surface area contributed by atoms with Gasteiger partial charge in [-0.3, -0.25) is 14.9 Å². The summed E-state index contributed by atoms with van der Waals surface area (Å²) in [5.41, 5.74) is 6.34. The Hall–Kier alpha value is -2.18. The first-order valence-corrected chi connectivity index (χ1v) is 9.27. The summed E-state index contributed by atoms with van der Waals surface area (Å²) in [6, 6.07) is 6.14. The molecule has 0 amide bonds. The van der Waals surface area contributed by atoms with Gasteiger partial charge >= 0.3 is 0 Å². The van der Waals surface area contributed by atoms with E-state index in [1.807, 2.05) is 12.1 Å². The van der Waals surface area contributed by atoms with Gasteiger partial charge in [0.25, 0.3) is 0 Å². The van der Waals surface area contributed by atoms with Gasteiger partial charge in [-0.15, -0.1) is 0 Å². The van der Waals surface area contributed by atoms with Crippen molar-refractivity contribution in [3.63, 3.8) is 0 Å². The molecule has 4 heterocycles. The third-order valence-corrected chi connectivity index (χ3v) is 5.53. The third-order valence-electron chi connectivity index (χ3n) is 5.53. The second-order valence-electron chi connectivity index (χ2n) is 7.23. The minimum Gasteiger partial charge on any atom is -0.307 e. The molecule has 3 aromatic rings. The fourth-order valence-corrected chi connectivity index (χ4v) is 4.13. The molecule has 0 atom stereocenters. The summed E-state index contributed by atoms with van der Waals surface area (Å²) < 4.78 is 2.10. The molecule has 6 heteroatoms. The van der Waals surface area contributed by atoms with Gasteiger partial charge in [-0.2, -0.15) is 5.10 Å². The lowest BCUT2D eigenvalue weighted by Crippen LogP contribution is -2.45. The maximum absolute atomic E-state index is 4.72. The molecule has 3 aromatic heterocycles. The number of rotatable bonds is 4. The highest BCUT2D eigenvalue weighted by Crippen LogP contribution is 2.24. The van der Waals surface area contributed by atoms with Crippen molar-refractivity contribution in [1.29, 1.82) is 0 Å². The van der Waals surface area contributed by atoms with Gasteiger partial charge in [-0.05, 0) is 37.0 Å². The highest BCUT2D eigenvalue weighted by atomic mass is 15.3. The molecule has 6 nitrogen and oxygen atoms in total. The van der Waals surface area contributed by atoms with Crippen LogP contribution in [0.2, 0.25) is 0 Å². The quantitative estimate of drug-likeness (QED) is 0.790. The molecular formula is C19H24N6. The molecule has 1 fully saturated rings. The molecular weight excluding hydrogens is 312 g/mol. The number of nitrogens with one attached hydrogen (secondary N) is 1. The first-order chi connectivity index (χ1) is 12.3. The summed E-state index contributed by atoms with van der Waals surface area (Å²) in [6.07, 6.45) is 7.87. The lowest BCUT2D eigenvalue weighted by Gasteiger charge is -2.34. The van der Waals surface area contributed by atoms with Crippen LogP contribution >= 0.6 is 0 Å².